The maximum atomic E-state index is 13.7. The molecule has 1 saturated carbocycles. The second kappa shape index (κ2) is 12.3. The number of carbonyl (C=O) groups excluding carboxylic acids is 3. The zero-order valence-corrected chi connectivity index (χ0v) is 25.6. The molecule has 0 spiro atoms. The van der Waals surface area contributed by atoms with E-state index in [-0.39, 0.29) is 57.7 Å². The Morgan fingerprint density at radius 2 is 1.87 bits per heavy atom. The van der Waals surface area contributed by atoms with Crippen LogP contribution in [0.2, 0.25) is 5.02 Å². The number of benzene rings is 1. The molecule has 18 heteroatoms. The topological polar surface area (TPSA) is 158 Å². The van der Waals surface area contributed by atoms with Crippen molar-refractivity contribution in [2.45, 2.75) is 30.9 Å². The van der Waals surface area contributed by atoms with Gasteiger partial charge < -0.3 is 35.8 Å². The van der Waals surface area contributed by atoms with Crippen LogP contribution in [0.1, 0.15) is 26.7 Å². The molecule has 4 heterocycles. The highest BCUT2D eigenvalue weighted by Gasteiger charge is 2.57. The fourth-order valence-corrected chi connectivity index (χ4v) is 6.37. The van der Waals surface area contributed by atoms with Crippen LogP contribution in [0, 0.1) is 11.8 Å². The minimum atomic E-state index is -4.86. The number of halogens is 5. The Balaban J connectivity index is 1.06. The lowest BCUT2D eigenvalue weighted by Gasteiger charge is -2.24. The zero-order valence-electron chi connectivity index (χ0n) is 24.8. The largest absolute Gasteiger partial charge is 0.435 e. The SMILES string of the molecule is C=C(F)Cn1cc(-c2cnc(C(=O)Nc3ccc(C(=O)NC4[C@H]5CN(C(=O)NC6CNCC6O)C[C@@H]45)c(Cl)c3)n2C)c(C(F)(F)F)n1. The summed E-state index contributed by atoms with van der Waals surface area (Å²) in [5.74, 6) is -2.10. The number of urea groups is 1. The predicted octanol–water partition coefficient (Wildman–Crippen LogP) is 2.39. The van der Waals surface area contributed by atoms with Crippen LogP contribution in [0.3, 0.4) is 0 Å². The summed E-state index contributed by atoms with van der Waals surface area (Å²) in [5.41, 5.74) is -1.38. The van der Waals surface area contributed by atoms with E-state index in [1.54, 1.807) is 4.90 Å². The third-order valence-electron chi connectivity index (χ3n) is 8.57. The number of fused-ring (bicyclic) bond motifs is 1. The van der Waals surface area contributed by atoms with Gasteiger partial charge in [-0.3, -0.25) is 14.3 Å². The molecule has 0 radical (unpaired) electrons. The second-order valence-corrected chi connectivity index (χ2v) is 12.2. The first-order valence-corrected chi connectivity index (χ1v) is 14.9. The first-order chi connectivity index (χ1) is 22.2. The molecule has 2 saturated heterocycles. The van der Waals surface area contributed by atoms with Crippen LogP contribution in [0.5, 0.6) is 0 Å². The van der Waals surface area contributed by atoms with Gasteiger partial charge in [0.05, 0.1) is 46.7 Å². The molecule has 2 aromatic heterocycles. The third kappa shape index (κ3) is 6.55. The number of anilines is 1. The summed E-state index contributed by atoms with van der Waals surface area (Å²) in [6.07, 6.45) is -3.42. The number of alkyl halides is 3. The number of rotatable bonds is 8. The van der Waals surface area contributed by atoms with Crippen molar-refractivity contribution in [2.75, 3.05) is 31.5 Å². The molecule has 5 N–H and O–H groups in total. The Kier molecular flexibility index (Phi) is 8.48. The van der Waals surface area contributed by atoms with Crippen molar-refractivity contribution in [2.24, 2.45) is 18.9 Å². The summed E-state index contributed by atoms with van der Waals surface area (Å²) in [6, 6.07) is 3.52. The first kappa shape index (κ1) is 32.5. The minimum Gasteiger partial charge on any atom is -0.390 e. The molecule has 2 aliphatic heterocycles. The number of aromatic nitrogens is 4. The van der Waals surface area contributed by atoms with Gasteiger partial charge in [0.25, 0.3) is 11.8 Å². The van der Waals surface area contributed by atoms with Gasteiger partial charge in [-0.2, -0.15) is 18.3 Å². The fourth-order valence-electron chi connectivity index (χ4n) is 6.11. The molecule has 3 fully saturated rings. The molecule has 1 aromatic carbocycles. The van der Waals surface area contributed by atoms with Crippen molar-refractivity contribution in [1.82, 2.24) is 40.2 Å². The van der Waals surface area contributed by atoms with E-state index in [1.165, 1.54) is 25.2 Å². The van der Waals surface area contributed by atoms with Crippen molar-refractivity contribution < 1.29 is 37.1 Å². The summed E-state index contributed by atoms with van der Waals surface area (Å²) in [5, 5.41) is 24.8. The maximum Gasteiger partial charge on any atom is 0.435 e. The number of hydrogen-bond acceptors (Lipinski definition) is 7. The molecule has 250 valence electrons. The number of carbonyl (C=O) groups is 3. The molecule has 1 aliphatic carbocycles. The van der Waals surface area contributed by atoms with E-state index >= 15 is 0 Å². The van der Waals surface area contributed by atoms with E-state index in [1.807, 2.05) is 0 Å². The summed E-state index contributed by atoms with van der Waals surface area (Å²) < 4.78 is 56.2. The minimum absolute atomic E-state index is 0.0491. The Morgan fingerprint density at radius 1 is 1.15 bits per heavy atom. The van der Waals surface area contributed by atoms with E-state index in [0.717, 1.165) is 21.6 Å². The highest BCUT2D eigenvalue weighted by Crippen LogP contribution is 2.45. The molecule has 4 amide bonds. The van der Waals surface area contributed by atoms with Crippen LogP contribution in [-0.4, -0.2) is 91.6 Å². The number of piperidine rings is 1. The number of imidazole rings is 1. The number of hydrogen-bond donors (Lipinski definition) is 5. The number of amides is 4. The Labute approximate surface area is 269 Å². The number of aliphatic hydroxyl groups excluding tert-OH is 1. The Hall–Kier alpha value is -4.48. The van der Waals surface area contributed by atoms with Crippen LogP contribution in [-0.2, 0) is 19.8 Å². The van der Waals surface area contributed by atoms with Gasteiger partial charge in [0.15, 0.2) is 11.5 Å². The number of aliphatic hydroxyl groups is 1. The van der Waals surface area contributed by atoms with Gasteiger partial charge in [-0.25, -0.2) is 14.2 Å². The van der Waals surface area contributed by atoms with Crippen molar-refractivity contribution in [3.63, 3.8) is 0 Å². The third-order valence-corrected chi connectivity index (χ3v) is 8.89. The average molecular weight is 680 g/mol. The second-order valence-electron chi connectivity index (χ2n) is 11.8. The number of nitrogens with one attached hydrogen (secondary N) is 4. The molecular weight excluding hydrogens is 650 g/mol. The number of nitrogens with zero attached hydrogens (tertiary/aromatic N) is 5. The molecule has 3 aromatic rings. The fraction of sp³-hybridized carbons (Fsp3) is 0.414. The van der Waals surface area contributed by atoms with Gasteiger partial charge in [0, 0.05) is 63.0 Å². The number of β-amino-alcohol motifs (C(OH)–C–C–N with tert-alkyl or cyclic N) is 1. The highest BCUT2D eigenvalue weighted by molar-refractivity contribution is 6.34. The van der Waals surface area contributed by atoms with Gasteiger partial charge in [-0.05, 0) is 18.2 Å². The molecule has 3 unspecified atom stereocenters. The van der Waals surface area contributed by atoms with E-state index in [9.17, 15) is 37.1 Å². The first-order valence-electron chi connectivity index (χ1n) is 14.6. The van der Waals surface area contributed by atoms with Crippen LogP contribution in [0.25, 0.3) is 11.3 Å². The van der Waals surface area contributed by atoms with Crippen LogP contribution in [0.15, 0.2) is 43.0 Å². The Morgan fingerprint density at radius 3 is 2.49 bits per heavy atom. The van der Waals surface area contributed by atoms with Crippen molar-refractivity contribution >= 4 is 35.1 Å². The van der Waals surface area contributed by atoms with E-state index in [0.29, 0.717) is 26.2 Å². The van der Waals surface area contributed by atoms with Gasteiger partial charge in [-0.15, -0.1) is 0 Å². The Bertz CT molecular complexity index is 1750. The van der Waals surface area contributed by atoms with Crippen molar-refractivity contribution in [3.05, 3.63) is 65.1 Å². The van der Waals surface area contributed by atoms with Gasteiger partial charge in [-0.1, -0.05) is 18.2 Å². The molecule has 47 heavy (non-hydrogen) atoms. The normalized spacial score (nSPS) is 23.4. The van der Waals surface area contributed by atoms with Crippen molar-refractivity contribution in [3.8, 4) is 11.3 Å². The lowest BCUT2D eigenvalue weighted by Crippen LogP contribution is -2.49. The van der Waals surface area contributed by atoms with E-state index in [4.69, 9.17) is 11.6 Å². The predicted molar refractivity (Wildman–Crippen MR) is 160 cm³/mol. The van der Waals surface area contributed by atoms with Crippen LogP contribution < -0.4 is 21.3 Å². The highest BCUT2D eigenvalue weighted by atomic mass is 35.5. The van der Waals surface area contributed by atoms with E-state index in [2.05, 4.69) is 37.9 Å². The molecule has 0 bridgehead atoms. The van der Waals surface area contributed by atoms with Crippen LogP contribution in [0.4, 0.5) is 28.0 Å². The summed E-state index contributed by atoms with van der Waals surface area (Å²) in [4.78, 5) is 44.2. The smallest absolute Gasteiger partial charge is 0.390 e. The van der Waals surface area contributed by atoms with E-state index < -0.39 is 47.7 Å². The van der Waals surface area contributed by atoms with Gasteiger partial charge >= 0.3 is 12.2 Å². The molecule has 13 nitrogen and oxygen atoms in total. The quantitative estimate of drug-likeness (QED) is 0.229. The zero-order chi connectivity index (χ0) is 33.8. The summed E-state index contributed by atoms with van der Waals surface area (Å²) >= 11 is 6.38. The molecule has 5 atom stereocenters. The molecular formula is C29H30ClF4N9O4. The van der Waals surface area contributed by atoms with Crippen LogP contribution >= 0.6 is 11.6 Å². The number of allylic oxidation sites excluding steroid dienone is 1. The van der Waals surface area contributed by atoms with Gasteiger partial charge in [0.2, 0.25) is 0 Å². The molecule has 3 aliphatic rings. The standard InChI is InChI=1S/C29H30ClF4N9O4/c1-13(31)9-43-12-18(24(40-43)29(32,33)34)21-7-36-25(41(21)2)27(46)37-14-3-4-15(19(30)5-14)26(45)39-23-16-10-42(11-17(16)23)28(47)38-20-6-35-8-22(20)44/h3-5,7,12,16-17,20,22-23,35,44H,1,6,8-11H2,2H3,(H,37,46)(H,38,47)(H,39,45)/t16-,17+,20?,22?,23?. The number of likely N-dealkylation sites (tertiary alicyclic amines) is 1. The summed E-state index contributed by atoms with van der Waals surface area (Å²) in [6.45, 7) is 4.34. The lowest BCUT2D eigenvalue weighted by molar-refractivity contribution is -0.141. The van der Waals surface area contributed by atoms with Crippen molar-refractivity contribution in [1.29, 1.82) is 0 Å². The average Bonchev–Trinajstić information content (AvgIpc) is 3.54. The van der Waals surface area contributed by atoms with Gasteiger partial charge in [0.1, 0.15) is 5.83 Å². The molecule has 6 rings (SSSR count). The summed E-state index contributed by atoms with van der Waals surface area (Å²) in [7, 11) is 1.35. The maximum absolute atomic E-state index is 13.7. The lowest BCUT2D eigenvalue weighted by atomic mass is 10.2. The monoisotopic (exact) mass is 679 g/mol.